The maximum Gasteiger partial charge on any atom is 0.269 e. The highest BCUT2D eigenvalue weighted by Gasteiger charge is 2.21. The largest absolute Gasteiger partial charge is 0.489 e. The molecule has 2 N–H and O–H groups in total. The third-order valence-electron chi connectivity index (χ3n) is 5.65. The van der Waals surface area contributed by atoms with Crippen molar-refractivity contribution in [2.24, 2.45) is 0 Å². The molecule has 0 spiro atoms. The SMILES string of the molecule is CCc1cc2ncc(CN3CCC(Oc4ccc(C(=O)NC)nc4)CC3)cc2[nH]c1=O. The van der Waals surface area contributed by atoms with E-state index in [1.165, 1.54) is 0 Å². The highest BCUT2D eigenvalue weighted by molar-refractivity contribution is 5.91. The number of amides is 1. The second kappa shape index (κ2) is 9.26. The summed E-state index contributed by atoms with van der Waals surface area (Å²) in [6, 6.07) is 7.35. The summed E-state index contributed by atoms with van der Waals surface area (Å²) in [5, 5.41) is 2.55. The van der Waals surface area contributed by atoms with Crippen molar-refractivity contribution in [1.82, 2.24) is 25.2 Å². The van der Waals surface area contributed by atoms with E-state index in [-0.39, 0.29) is 17.6 Å². The van der Waals surface area contributed by atoms with Crippen molar-refractivity contribution in [3.8, 4) is 5.75 Å². The van der Waals surface area contributed by atoms with E-state index in [0.717, 1.165) is 54.6 Å². The van der Waals surface area contributed by atoms with Gasteiger partial charge in [0.05, 0.1) is 17.2 Å². The van der Waals surface area contributed by atoms with E-state index in [0.29, 0.717) is 17.9 Å². The molecular formula is C23H27N5O3. The Morgan fingerprint density at radius 2 is 2.03 bits per heavy atom. The summed E-state index contributed by atoms with van der Waals surface area (Å²) < 4.78 is 6.04. The number of aromatic nitrogens is 3. The summed E-state index contributed by atoms with van der Waals surface area (Å²) in [4.78, 5) is 37.7. The lowest BCUT2D eigenvalue weighted by molar-refractivity contribution is 0.0950. The van der Waals surface area contributed by atoms with Gasteiger partial charge < -0.3 is 15.0 Å². The Morgan fingerprint density at radius 3 is 2.71 bits per heavy atom. The van der Waals surface area contributed by atoms with Crippen molar-refractivity contribution in [2.75, 3.05) is 20.1 Å². The fourth-order valence-electron chi connectivity index (χ4n) is 3.86. The number of carbonyl (C=O) groups is 1. The molecule has 0 saturated carbocycles. The van der Waals surface area contributed by atoms with E-state index in [1.807, 2.05) is 25.3 Å². The molecular weight excluding hydrogens is 394 g/mol. The minimum atomic E-state index is -0.210. The van der Waals surface area contributed by atoms with Crippen LogP contribution in [-0.4, -0.2) is 52.0 Å². The van der Waals surface area contributed by atoms with Crippen molar-refractivity contribution in [1.29, 1.82) is 0 Å². The molecule has 31 heavy (non-hydrogen) atoms. The average Bonchev–Trinajstić information content (AvgIpc) is 2.80. The number of carbonyl (C=O) groups excluding carboxylic acids is 1. The zero-order valence-electron chi connectivity index (χ0n) is 17.9. The van der Waals surface area contributed by atoms with E-state index in [2.05, 4.69) is 25.2 Å². The molecule has 1 amide bonds. The van der Waals surface area contributed by atoms with Gasteiger partial charge in [0.15, 0.2) is 0 Å². The van der Waals surface area contributed by atoms with Crippen LogP contribution >= 0.6 is 0 Å². The molecule has 4 heterocycles. The van der Waals surface area contributed by atoms with Crippen LogP contribution in [0.2, 0.25) is 0 Å². The number of piperidine rings is 1. The number of nitrogens with one attached hydrogen (secondary N) is 2. The predicted molar refractivity (Wildman–Crippen MR) is 118 cm³/mol. The highest BCUT2D eigenvalue weighted by atomic mass is 16.5. The lowest BCUT2D eigenvalue weighted by Crippen LogP contribution is -2.37. The number of fused-ring (bicyclic) bond motifs is 1. The van der Waals surface area contributed by atoms with Crippen LogP contribution in [0.4, 0.5) is 0 Å². The summed E-state index contributed by atoms with van der Waals surface area (Å²) >= 11 is 0. The molecule has 162 valence electrons. The van der Waals surface area contributed by atoms with Crippen molar-refractivity contribution >= 4 is 16.9 Å². The van der Waals surface area contributed by atoms with E-state index in [9.17, 15) is 9.59 Å². The molecule has 1 aliphatic heterocycles. The monoisotopic (exact) mass is 421 g/mol. The van der Waals surface area contributed by atoms with Crippen molar-refractivity contribution in [3.05, 3.63) is 63.8 Å². The van der Waals surface area contributed by atoms with Crippen LogP contribution in [-0.2, 0) is 13.0 Å². The number of likely N-dealkylation sites (tertiary alicyclic amines) is 1. The van der Waals surface area contributed by atoms with Gasteiger partial charge in [0.1, 0.15) is 17.5 Å². The van der Waals surface area contributed by atoms with Crippen LogP contribution in [0.15, 0.2) is 41.5 Å². The molecule has 0 aromatic carbocycles. The van der Waals surface area contributed by atoms with Gasteiger partial charge in [0.2, 0.25) is 0 Å². The smallest absolute Gasteiger partial charge is 0.269 e. The minimum Gasteiger partial charge on any atom is -0.489 e. The van der Waals surface area contributed by atoms with Gasteiger partial charge in [-0.1, -0.05) is 6.92 Å². The van der Waals surface area contributed by atoms with Crippen LogP contribution in [0, 0.1) is 0 Å². The lowest BCUT2D eigenvalue weighted by atomic mass is 10.1. The van der Waals surface area contributed by atoms with Gasteiger partial charge in [-0.3, -0.25) is 19.5 Å². The van der Waals surface area contributed by atoms with Crippen molar-refractivity contribution in [2.45, 2.75) is 38.8 Å². The summed E-state index contributed by atoms with van der Waals surface area (Å²) in [5.41, 5.74) is 3.79. The molecule has 0 unspecified atom stereocenters. The van der Waals surface area contributed by atoms with Crippen molar-refractivity contribution in [3.63, 3.8) is 0 Å². The number of hydrogen-bond donors (Lipinski definition) is 2. The maximum atomic E-state index is 12.1. The standard InChI is InChI=1S/C23H27N5O3/c1-3-16-11-20-21(27-22(16)29)10-15(12-25-20)14-28-8-6-17(7-9-28)31-18-4-5-19(26-13-18)23(30)24-2/h4-5,10-13,17H,3,6-9,14H2,1-2H3,(H,24,30)(H,27,29). The van der Waals surface area contributed by atoms with Crippen LogP contribution in [0.1, 0.15) is 41.4 Å². The van der Waals surface area contributed by atoms with Gasteiger partial charge >= 0.3 is 0 Å². The molecule has 1 fully saturated rings. The first-order valence-corrected chi connectivity index (χ1v) is 10.6. The number of aryl methyl sites for hydroxylation is 1. The van der Waals surface area contributed by atoms with Gasteiger partial charge in [-0.25, -0.2) is 4.98 Å². The molecule has 0 radical (unpaired) electrons. The third kappa shape index (κ3) is 4.91. The summed E-state index contributed by atoms with van der Waals surface area (Å²) in [6.07, 6.45) is 6.14. The lowest BCUT2D eigenvalue weighted by Gasteiger charge is -2.32. The molecule has 3 aromatic heterocycles. The first-order valence-electron chi connectivity index (χ1n) is 10.6. The Kier molecular flexibility index (Phi) is 6.27. The van der Waals surface area contributed by atoms with E-state index in [1.54, 1.807) is 25.4 Å². The fourth-order valence-corrected chi connectivity index (χ4v) is 3.86. The number of nitrogens with zero attached hydrogens (tertiary/aromatic N) is 3. The summed E-state index contributed by atoms with van der Waals surface area (Å²) in [6.45, 7) is 4.58. The third-order valence-corrected chi connectivity index (χ3v) is 5.65. The van der Waals surface area contributed by atoms with E-state index >= 15 is 0 Å². The van der Waals surface area contributed by atoms with Crippen LogP contribution in [0.5, 0.6) is 5.75 Å². The zero-order valence-corrected chi connectivity index (χ0v) is 17.9. The Labute approximate surface area is 180 Å². The van der Waals surface area contributed by atoms with Gasteiger partial charge in [0, 0.05) is 38.4 Å². The van der Waals surface area contributed by atoms with Crippen LogP contribution < -0.4 is 15.6 Å². The average molecular weight is 422 g/mol. The first-order chi connectivity index (χ1) is 15.1. The zero-order chi connectivity index (χ0) is 21.8. The molecule has 0 atom stereocenters. The minimum absolute atomic E-state index is 0.0373. The number of H-pyrrole nitrogens is 1. The molecule has 4 rings (SSSR count). The van der Waals surface area contributed by atoms with Crippen molar-refractivity contribution < 1.29 is 9.53 Å². The first kappa shape index (κ1) is 21.0. The van der Waals surface area contributed by atoms with Gasteiger partial charge in [-0.15, -0.1) is 0 Å². The molecule has 8 nitrogen and oxygen atoms in total. The van der Waals surface area contributed by atoms with Gasteiger partial charge in [-0.2, -0.15) is 0 Å². The number of aromatic amines is 1. The van der Waals surface area contributed by atoms with E-state index in [4.69, 9.17) is 4.74 Å². The summed E-state index contributed by atoms with van der Waals surface area (Å²) in [7, 11) is 1.58. The normalized spacial score (nSPS) is 15.2. The van der Waals surface area contributed by atoms with E-state index < -0.39 is 0 Å². The second-order valence-corrected chi connectivity index (χ2v) is 7.81. The molecule has 1 saturated heterocycles. The summed E-state index contributed by atoms with van der Waals surface area (Å²) in [5.74, 6) is 0.471. The quantitative estimate of drug-likeness (QED) is 0.633. The Balaban J connectivity index is 1.33. The maximum absolute atomic E-state index is 12.1. The molecule has 0 aliphatic carbocycles. The second-order valence-electron chi connectivity index (χ2n) is 7.81. The Hall–Kier alpha value is -3.26. The molecule has 1 aliphatic rings. The van der Waals surface area contributed by atoms with Crippen LogP contribution in [0.25, 0.3) is 11.0 Å². The van der Waals surface area contributed by atoms with Crippen LogP contribution in [0.3, 0.4) is 0 Å². The molecule has 3 aromatic rings. The number of pyridine rings is 3. The fraction of sp³-hybridized carbons (Fsp3) is 0.391. The Bertz CT molecular complexity index is 1120. The topological polar surface area (TPSA) is 100 Å². The number of ether oxygens (including phenoxy) is 1. The predicted octanol–water partition coefficient (Wildman–Crippen LogP) is 2.28. The number of rotatable bonds is 6. The molecule has 8 heteroatoms. The van der Waals surface area contributed by atoms with Gasteiger partial charge in [-0.05, 0) is 49.1 Å². The van der Waals surface area contributed by atoms with Gasteiger partial charge in [0.25, 0.3) is 11.5 Å². The number of hydrogen-bond acceptors (Lipinski definition) is 6. The Morgan fingerprint density at radius 1 is 1.23 bits per heavy atom. The molecule has 0 bridgehead atoms. The highest BCUT2D eigenvalue weighted by Crippen LogP contribution is 2.20.